The number of benzene rings is 2. The summed E-state index contributed by atoms with van der Waals surface area (Å²) in [5.74, 6) is -1.17. The van der Waals surface area contributed by atoms with Crippen LogP contribution < -0.4 is 31.9 Å². The van der Waals surface area contributed by atoms with E-state index in [2.05, 4.69) is 41.9 Å². The largest absolute Gasteiger partial charge is 0.433 e. The van der Waals surface area contributed by atoms with Crippen LogP contribution in [0.5, 0.6) is 0 Å². The molecule has 6 N–H and O–H groups in total. The lowest BCUT2D eigenvalue weighted by atomic mass is 10.1. The zero-order chi connectivity index (χ0) is 36.4. The van der Waals surface area contributed by atoms with Crippen molar-refractivity contribution in [3.8, 4) is 0 Å². The van der Waals surface area contributed by atoms with E-state index in [0.717, 1.165) is 37.0 Å². The molecule has 0 spiro atoms. The molecule has 6 rings (SSSR count). The van der Waals surface area contributed by atoms with Crippen molar-refractivity contribution in [3.63, 3.8) is 0 Å². The van der Waals surface area contributed by atoms with Gasteiger partial charge in [0.05, 0.1) is 60.6 Å². The maximum atomic E-state index is 14.2. The number of carbonyl (C=O) groups is 2. The first-order valence-corrected chi connectivity index (χ1v) is 15.9. The van der Waals surface area contributed by atoms with Crippen molar-refractivity contribution in [2.24, 2.45) is 0 Å². The van der Waals surface area contributed by atoms with Crippen LogP contribution in [0, 0.1) is 11.6 Å². The Hall–Kier alpha value is -4.94. The van der Waals surface area contributed by atoms with E-state index in [1.807, 2.05) is 0 Å². The summed E-state index contributed by atoms with van der Waals surface area (Å²) in [6.45, 7) is 3.83. The topological polar surface area (TPSA) is 151 Å². The smallest absolute Gasteiger partial charge is 0.371 e. The van der Waals surface area contributed by atoms with Gasteiger partial charge in [-0.2, -0.15) is 13.2 Å². The molecule has 2 saturated heterocycles. The van der Waals surface area contributed by atoms with Crippen molar-refractivity contribution >= 4 is 46.4 Å². The molecule has 12 nitrogen and oxygen atoms in total. The number of nitrogens with zero attached hydrogens (tertiary/aromatic N) is 2. The second kappa shape index (κ2) is 17.3. The minimum atomic E-state index is -4.57. The number of anilines is 4. The number of rotatable bonds is 6. The number of hydrogen-bond acceptors (Lipinski definition) is 8. The molecule has 2 aromatic carbocycles. The lowest BCUT2D eigenvalue weighted by molar-refractivity contribution is -0.141. The molecule has 0 saturated carbocycles. The SMILES string of the molecule is O=C(Nc1ccc(C(F)(F)F)nc1)Nc1ccc([C@@H]2CNCCO2)cc1F.O=C(Nc1ccc(Cl)nc1)Nc1ccc([C@H]2CNCCO2)cc1F. The Bertz CT molecular complexity index is 1790. The molecule has 51 heavy (non-hydrogen) atoms. The van der Waals surface area contributed by atoms with Gasteiger partial charge in [-0.15, -0.1) is 0 Å². The van der Waals surface area contributed by atoms with Gasteiger partial charge in [-0.3, -0.25) is 0 Å². The summed E-state index contributed by atoms with van der Waals surface area (Å²) < 4.78 is 77.0. The van der Waals surface area contributed by atoms with Gasteiger partial charge in [0, 0.05) is 26.2 Å². The number of aromatic nitrogens is 2. The predicted molar refractivity (Wildman–Crippen MR) is 180 cm³/mol. The first-order chi connectivity index (χ1) is 24.4. The summed E-state index contributed by atoms with van der Waals surface area (Å²) in [5, 5.41) is 16.3. The standard InChI is InChI=1S/C17H16F4N4O2.C16H16ClFN4O2/c18-12-7-10(14-9-22-5-6-27-14)1-3-13(12)25-16(26)24-11-2-4-15(23-8-11)17(19,20)21;17-15-4-2-11(8-20-15)21-16(23)22-13-3-1-10(7-12(13)18)14-9-19-5-6-24-14/h1-4,7-8,14,22H,5-6,9H2,(H2,24,25,26);1-4,7-8,14,19H,5-6,9H2,(H2,21,22,23)/t2*14-/m01/s1. The van der Waals surface area contributed by atoms with E-state index < -0.39 is 35.6 Å². The summed E-state index contributed by atoms with van der Waals surface area (Å²) in [5.41, 5.74) is 0.802. The number of pyridine rings is 2. The molecule has 2 aliphatic rings. The van der Waals surface area contributed by atoms with E-state index in [0.29, 0.717) is 42.7 Å². The van der Waals surface area contributed by atoms with Gasteiger partial charge in [0.15, 0.2) is 0 Å². The highest BCUT2D eigenvalue weighted by molar-refractivity contribution is 6.29. The van der Waals surface area contributed by atoms with Crippen LogP contribution in [-0.4, -0.2) is 61.4 Å². The van der Waals surface area contributed by atoms with E-state index in [1.54, 1.807) is 24.3 Å². The number of halogens is 6. The first kappa shape index (κ1) is 37.3. The molecule has 2 aromatic heterocycles. The number of nitrogens with one attached hydrogen (secondary N) is 6. The number of morpholine rings is 2. The van der Waals surface area contributed by atoms with E-state index in [9.17, 15) is 31.5 Å². The molecular weight excluding hydrogens is 703 g/mol. The molecular formula is C33H32ClF5N8O4. The highest BCUT2D eigenvalue weighted by atomic mass is 35.5. The normalized spacial score (nSPS) is 17.4. The minimum Gasteiger partial charge on any atom is -0.371 e. The van der Waals surface area contributed by atoms with Gasteiger partial charge >= 0.3 is 18.2 Å². The molecule has 0 bridgehead atoms. The molecule has 2 fully saturated rings. The van der Waals surface area contributed by atoms with Crippen LogP contribution in [0.4, 0.5) is 54.3 Å². The third-order valence-electron chi connectivity index (χ3n) is 7.38. The van der Waals surface area contributed by atoms with Gasteiger partial charge < -0.3 is 41.4 Å². The van der Waals surface area contributed by atoms with Crippen molar-refractivity contribution in [2.45, 2.75) is 18.4 Å². The van der Waals surface area contributed by atoms with Gasteiger partial charge in [0.25, 0.3) is 0 Å². The van der Waals surface area contributed by atoms with Crippen LogP contribution in [0.15, 0.2) is 73.1 Å². The number of ether oxygens (including phenoxy) is 2. The Balaban J connectivity index is 0.000000199. The first-order valence-electron chi connectivity index (χ1n) is 15.5. The number of alkyl halides is 3. The van der Waals surface area contributed by atoms with Crippen molar-refractivity contribution in [1.29, 1.82) is 0 Å². The van der Waals surface area contributed by atoms with E-state index in [4.69, 9.17) is 21.1 Å². The zero-order valence-corrected chi connectivity index (χ0v) is 27.4. The van der Waals surface area contributed by atoms with Crippen molar-refractivity contribution in [1.82, 2.24) is 20.6 Å². The van der Waals surface area contributed by atoms with Crippen LogP contribution in [0.3, 0.4) is 0 Å². The molecule has 0 unspecified atom stereocenters. The molecule has 4 aromatic rings. The molecule has 2 atom stereocenters. The number of urea groups is 2. The fraction of sp³-hybridized carbons (Fsp3) is 0.273. The number of hydrogen-bond donors (Lipinski definition) is 6. The van der Waals surface area contributed by atoms with Crippen molar-refractivity contribution in [2.75, 3.05) is 60.7 Å². The van der Waals surface area contributed by atoms with Gasteiger partial charge in [0.1, 0.15) is 22.5 Å². The van der Waals surface area contributed by atoms with Gasteiger partial charge in [0.2, 0.25) is 0 Å². The highest BCUT2D eigenvalue weighted by Crippen LogP contribution is 2.28. The van der Waals surface area contributed by atoms with E-state index in [-0.39, 0.29) is 29.3 Å². The van der Waals surface area contributed by atoms with E-state index in [1.165, 1.54) is 30.5 Å². The van der Waals surface area contributed by atoms with Crippen molar-refractivity contribution < 1.29 is 41.0 Å². The van der Waals surface area contributed by atoms with Crippen LogP contribution in [0.25, 0.3) is 0 Å². The minimum absolute atomic E-state index is 0.0409. The molecule has 0 radical (unpaired) electrons. The molecule has 18 heteroatoms. The average Bonchev–Trinajstić information content (AvgIpc) is 3.12. The second-order valence-corrected chi connectivity index (χ2v) is 11.5. The van der Waals surface area contributed by atoms with Gasteiger partial charge in [-0.1, -0.05) is 23.7 Å². The third-order valence-corrected chi connectivity index (χ3v) is 7.60. The maximum absolute atomic E-state index is 14.2. The maximum Gasteiger partial charge on any atom is 0.433 e. The Morgan fingerprint density at radius 2 is 1.20 bits per heavy atom. The summed E-state index contributed by atoms with van der Waals surface area (Å²) >= 11 is 5.67. The molecule has 4 heterocycles. The fourth-order valence-electron chi connectivity index (χ4n) is 4.88. The van der Waals surface area contributed by atoms with Crippen LogP contribution in [0.2, 0.25) is 5.15 Å². The lowest BCUT2D eigenvalue weighted by Gasteiger charge is -2.24. The summed E-state index contributed by atoms with van der Waals surface area (Å²) in [4.78, 5) is 30.9. The monoisotopic (exact) mass is 734 g/mol. The quantitative estimate of drug-likeness (QED) is 0.0944. The van der Waals surface area contributed by atoms with Crippen molar-refractivity contribution in [3.05, 3.63) is 107 Å². The Labute approximate surface area is 293 Å². The predicted octanol–water partition coefficient (Wildman–Crippen LogP) is 6.72. The van der Waals surface area contributed by atoms with Gasteiger partial charge in [-0.25, -0.2) is 28.3 Å². The fourth-order valence-corrected chi connectivity index (χ4v) is 4.99. The van der Waals surface area contributed by atoms with Crippen LogP contribution in [-0.2, 0) is 15.7 Å². The second-order valence-electron chi connectivity index (χ2n) is 11.1. The lowest BCUT2D eigenvalue weighted by Crippen LogP contribution is -2.33. The summed E-state index contributed by atoms with van der Waals surface area (Å²) in [6.07, 6.45) is -2.74. The highest BCUT2D eigenvalue weighted by Gasteiger charge is 2.32. The number of carbonyl (C=O) groups excluding carboxylic acids is 2. The summed E-state index contributed by atoms with van der Waals surface area (Å²) in [6, 6.07) is 12.5. The van der Waals surface area contributed by atoms with Crippen LogP contribution >= 0.6 is 11.6 Å². The Morgan fingerprint density at radius 1 is 0.706 bits per heavy atom. The number of amides is 4. The van der Waals surface area contributed by atoms with E-state index >= 15 is 0 Å². The molecule has 270 valence electrons. The molecule has 4 amide bonds. The average molecular weight is 735 g/mol. The van der Waals surface area contributed by atoms with Crippen LogP contribution in [0.1, 0.15) is 29.0 Å². The van der Waals surface area contributed by atoms with Gasteiger partial charge in [-0.05, 0) is 59.7 Å². The zero-order valence-electron chi connectivity index (χ0n) is 26.6. The molecule has 0 aliphatic carbocycles. The summed E-state index contributed by atoms with van der Waals surface area (Å²) in [7, 11) is 0. The molecule has 2 aliphatic heterocycles. The third kappa shape index (κ3) is 11.0. The Morgan fingerprint density at radius 3 is 1.57 bits per heavy atom. The Kier molecular flexibility index (Phi) is 12.7.